The van der Waals surface area contributed by atoms with Crippen LogP contribution in [0.25, 0.3) is 6.08 Å². The molecule has 2 rings (SSSR count). The first-order valence-corrected chi connectivity index (χ1v) is 6.88. The van der Waals surface area contributed by atoms with Crippen molar-refractivity contribution in [2.45, 2.75) is 36.6 Å². The molecule has 0 unspecified atom stereocenters. The van der Waals surface area contributed by atoms with Crippen molar-refractivity contribution in [1.82, 2.24) is 0 Å². The number of hydrogen-bond acceptors (Lipinski definition) is 7. The number of para-hydroxylation sites is 1. The number of carbonyl (C=O) groups is 1. The number of carboxylic acids is 1. The van der Waals surface area contributed by atoms with Gasteiger partial charge in [0.15, 0.2) is 11.9 Å². The van der Waals surface area contributed by atoms with Crippen LogP contribution in [0, 0.1) is 0 Å². The van der Waals surface area contributed by atoms with Gasteiger partial charge in [0.25, 0.3) is 0 Å². The number of ether oxygens (including phenoxy) is 1. The SMILES string of the molecule is O=C(O)[C@H]1O[C@](O)(CC=Cc2ccccc2O)[C@H](O)[C@@H](O)[C@@H]1O. The fraction of sp³-hybridized carbons (Fsp3) is 0.400. The van der Waals surface area contributed by atoms with E-state index < -0.39 is 36.2 Å². The van der Waals surface area contributed by atoms with E-state index in [1.165, 1.54) is 18.2 Å². The lowest BCUT2D eigenvalue weighted by molar-refractivity contribution is -0.339. The fourth-order valence-corrected chi connectivity index (χ4v) is 2.34. The molecule has 1 fully saturated rings. The van der Waals surface area contributed by atoms with Crippen LogP contribution in [0.5, 0.6) is 5.75 Å². The number of aliphatic hydroxyl groups excluding tert-OH is 3. The van der Waals surface area contributed by atoms with Gasteiger partial charge in [0.1, 0.15) is 24.1 Å². The molecule has 23 heavy (non-hydrogen) atoms. The summed E-state index contributed by atoms with van der Waals surface area (Å²) in [7, 11) is 0. The van der Waals surface area contributed by atoms with Crippen LogP contribution in [-0.2, 0) is 9.53 Å². The number of phenolic OH excluding ortho intramolecular Hbond substituents is 1. The minimum Gasteiger partial charge on any atom is -0.507 e. The van der Waals surface area contributed by atoms with Crippen molar-refractivity contribution >= 4 is 12.0 Å². The zero-order valence-corrected chi connectivity index (χ0v) is 12.0. The van der Waals surface area contributed by atoms with Crippen LogP contribution < -0.4 is 0 Å². The molecule has 1 aromatic carbocycles. The van der Waals surface area contributed by atoms with Crippen LogP contribution in [0.1, 0.15) is 12.0 Å². The average Bonchev–Trinajstić information content (AvgIpc) is 2.51. The molecule has 1 aliphatic rings. The Morgan fingerprint density at radius 3 is 2.48 bits per heavy atom. The van der Waals surface area contributed by atoms with Gasteiger partial charge in [-0.15, -0.1) is 0 Å². The monoisotopic (exact) mass is 326 g/mol. The van der Waals surface area contributed by atoms with Gasteiger partial charge in [0, 0.05) is 12.0 Å². The third-order valence-electron chi connectivity index (χ3n) is 3.66. The van der Waals surface area contributed by atoms with Crippen LogP contribution in [0.2, 0.25) is 0 Å². The van der Waals surface area contributed by atoms with E-state index in [4.69, 9.17) is 9.84 Å². The third kappa shape index (κ3) is 3.52. The summed E-state index contributed by atoms with van der Waals surface area (Å²) in [5.74, 6) is -3.96. The topological polar surface area (TPSA) is 148 Å². The van der Waals surface area contributed by atoms with Crippen LogP contribution in [0.15, 0.2) is 30.3 Å². The molecule has 0 aromatic heterocycles. The highest BCUT2D eigenvalue weighted by Gasteiger charge is 2.54. The fourth-order valence-electron chi connectivity index (χ4n) is 2.34. The molecule has 0 aliphatic carbocycles. The smallest absolute Gasteiger partial charge is 0.335 e. The number of phenols is 1. The van der Waals surface area contributed by atoms with E-state index in [2.05, 4.69) is 0 Å². The number of aromatic hydroxyl groups is 1. The summed E-state index contributed by atoms with van der Waals surface area (Å²) >= 11 is 0. The van der Waals surface area contributed by atoms with Gasteiger partial charge in [-0.3, -0.25) is 0 Å². The van der Waals surface area contributed by atoms with E-state index in [0.717, 1.165) is 0 Å². The van der Waals surface area contributed by atoms with Crippen molar-refractivity contribution in [3.63, 3.8) is 0 Å². The highest BCUT2D eigenvalue weighted by Crippen LogP contribution is 2.31. The molecule has 1 saturated heterocycles. The molecule has 126 valence electrons. The van der Waals surface area contributed by atoms with Gasteiger partial charge in [0.05, 0.1) is 0 Å². The van der Waals surface area contributed by atoms with Crippen LogP contribution >= 0.6 is 0 Å². The molecule has 6 N–H and O–H groups in total. The van der Waals surface area contributed by atoms with Crippen molar-refractivity contribution in [2.24, 2.45) is 0 Å². The lowest BCUT2D eigenvalue weighted by atomic mass is 9.90. The molecule has 1 aliphatic heterocycles. The largest absolute Gasteiger partial charge is 0.507 e. The maximum Gasteiger partial charge on any atom is 0.335 e. The van der Waals surface area contributed by atoms with Gasteiger partial charge in [-0.1, -0.05) is 30.4 Å². The van der Waals surface area contributed by atoms with E-state index in [-0.39, 0.29) is 12.2 Å². The molecule has 1 heterocycles. The number of hydrogen-bond donors (Lipinski definition) is 6. The zero-order valence-electron chi connectivity index (χ0n) is 12.0. The second-order valence-corrected chi connectivity index (χ2v) is 5.31. The number of benzene rings is 1. The van der Waals surface area contributed by atoms with Gasteiger partial charge >= 0.3 is 5.97 Å². The molecular weight excluding hydrogens is 308 g/mol. The van der Waals surface area contributed by atoms with Gasteiger partial charge < -0.3 is 35.4 Å². The number of aliphatic carboxylic acids is 1. The summed E-state index contributed by atoms with van der Waals surface area (Å²) in [6.07, 6.45) is -5.11. The summed E-state index contributed by atoms with van der Waals surface area (Å²) in [5, 5.41) is 58.0. The molecule has 0 amide bonds. The Morgan fingerprint density at radius 1 is 1.22 bits per heavy atom. The third-order valence-corrected chi connectivity index (χ3v) is 3.66. The van der Waals surface area contributed by atoms with Gasteiger partial charge in [-0.05, 0) is 6.07 Å². The summed E-state index contributed by atoms with van der Waals surface area (Å²) < 4.78 is 4.88. The second-order valence-electron chi connectivity index (χ2n) is 5.31. The molecule has 8 heteroatoms. The Kier molecular flexibility index (Phi) is 5.03. The van der Waals surface area contributed by atoms with Crippen LogP contribution in [-0.4, -0.2) is 66.8 Å². The van der Waals surface area contributed by atoms with Crippen molar-refractivity contribution in [3.8, 4) is 5.75 Å². The Labute approximate surface area is 131 Å². The molecule has 0 spiro atoms. The molecule has 0 bridgehead atoms. The van der Waals surface area contributed by atoms with E-state index in [0.29, 0.717) is 5.56 Å². The van der Waals surface area contributed by atoms with E-state index in [9.17, 15) is 30.3 Å². The minimum absolute atomic E-state index is 0.000259. The first-order chi connectivity index (χ1) is 10.8. The predicted molar refractivity (Wildman–Crippen MR) is 77.2 cm³/mol. The quantitative estimate of drug-likeness (QED) is 0.415. The van der Waals surface area contributed by atoms with Crippen LogP contribution in [0.3, 0.4) is 0 Å². The Hall–Kier alpha value is -1.97. The summed E-state index contributed by atoms with van der Waals surface area (Å²) in [6.45, 7) is 0. The first kappa shape index (κ1) is 17.4. The van der Waals surface area contributed by atoms with Crippen molar-refractivity contribution in [1.29, 1.82) is 0 Å². The van der Waals surface area contributed by atoms with E-state index >= 15 is 0 Å². The van der Waals surface area contributed by atoms with Gasteiger partial charge in [-0.2, -0.15) is 0 Å². The summed E-state index contributed by atoms with van der Waals surface area (Å²) in [4.78, 5) is 11.0. The molecule has 8 nitrogen and oxygen atoms in total. The Morgan fingerprint density at radius 2 is 1.87 bits per heavy atom. The first-order valence-electron chi connectivity index (χ1n) is 6.88. The Bertz CT molecular complexity index is 601. The number of rotatable bonds is 4. The number of carboxylic acid groups (broad SMARTS) is 1. The second kappa shape index (κ2) is 6.65. The maximum atomic E-state index is 11.0. The Balaban J connectivity index is 2.16. The molecular formula is C15H18O8. The summed E-state index contributed by atoms with van der Waals surface area (Å²) in [5.41, 5.74) is 0.441. The summed E-state index contributed by atoms with van der Waals surface area (Å²) in [6, 6.07) is 6.37. The van der Waals surface area contributed by atoms with Crippen molar-refractivity contribution in [3.05, 3.63) is 35.9 Å². The lowest BCUT2D eigenvalue weighted by Crippen LogP contribution is -2.65. The molecule has 0 radical (unpaired) electrons. The van der Waals surface area contributed by atoms with Gasteiger partial charge in [-0.25, -0.2) is 4.79 Å². The molecule has 5 atom stereocenters. The predicted octanol–water partition coefficient (Wildman–Crippen LogP) is -0.950. The average molecular weight is 326 g/mol. The van der Waals surface area contributed by atoms with Crippen LogP contribution in [0.4, 0.5) is 0 Å². The normalized spacial score (nSPS) is 34.6. The maximum absolute atomic E-state index is 11.0. The van der Waals surface area contributed by atoms with E-state index in [1.54, 1.807) is 18.2 Å². The highest BCUT2D eigenvalue weighted by molar-refractivity contribution is 5.73. The minimum atomic E-state index is -2.39. The van der Waals surface area contributed by atoms with Gasteiger partial charge in [0.2, 0.25) is 0 Å². The molecule has 0 saturated carbocycles. The lowest BCUT2D eigenvalue weighted by Gasteiger charge is -2.44. The number of aliphatic hydroxyl groups is 4. The zero-order chi connectivity index (χ0) is 17.2. The van der Waals surface area contributed by atoms with E-state index in [1.807, 2.05) is 0 Å². The standard InChI is InChI=1S/C15H18O8/c16-9-6-2-1-4-8(9)5-3-7-15(22)13(19)11(18)10(17)12(23-15)14(20)21/h1-6,10-13,16-19,22H,7H2,(H,20,21)/t10-,11-,12-,13+,15+/m0/s1. The highest BCUT2D eigenvalue weighted by atomic mass is 16.7. The van der Waals surface area contributed by atoms with Crippen molar-refractivity contribution < 1.29 is 40.2 Å². The molecule has 1 aromatic rings. The van der Waals surface area contributed by atoms with Crippen molar-refractivity contribution in [2.75, 3.05) is 0 Å².